The van der Waals surface area contributed by atoms with Gasteiger partial charge in [-0.25, -0.2) is 13.1 Å². The maximum absolute atomic E-state index is 13.0. The summed E-state index contributed by atoms with van der Waals surface area (Å²) in [6.07, 6.45) is 5.46. The lowest BCUT2D eigenvalue weighted by Crippen LogP contribution is -2.38. The van der Waals surface area contributed by atoms with Crippen molar-refractivity contribution in [2.75, 3.05) is 19.3 Å². The highest BCUT2D eigenvalue weighted by Gasteiger charge is 2.25. The van der Waals surface area contributed by atoms with Gasteiger partial charge in [0.2, 0.25) is 10.0 Å². The molecule has 6 nitrogen and oxygen atoms in total. The summed E-state index contributed by atoms with van der Waals surface area (Å²) in [5.41, 5.74) is 1.08. The van der Waals surface area contributed by atoms with E-state index in [1.165, 1.54) is 17.8 Å². The number of nitrogens with zero attached hydrogens (tertiary/aromatic N) is 2. The Balaban J connectivity index is 1.82. The third-order valence-electron chi connectivity index (χ3n) is 4.95. The topological polar surface area (TPSA) is 79.4 Å². The summed E-state index contributed by atoms with van der Waals surface area (Å²) in [5.74, 6) is 0.518. The first kappa shape index (κ1) is 20.8. The average Bonchev–Trinajstić information content (AvgIpc) is 2.72. The van der Waals surface area contributed by atoms with E-state index in [0.29, 0.717) is 30.3 Å². The zero-order chi connectivity index (χ0) is 20.1. The summed E-state index contributed by atoms with van der Waals surface area (Å²) >= 11 is 1.45. The van der Waals surface area contributed by atoms with E-state index in [4.69, 9.17) is 0 Å². The Kier molecular flexibility index (Phi) is 6.74. The van der Waals surface area contributed by atoms with Gasteiger partial charge in [-0.2, -0.15) is 0 Å². The Morgan fingerprint density at radius 3 is 2.64 bits per heavy atom. The lowest BCUT2D eigenvalue weighted by Gasteiger charge is -2.30. The van der Waals surface area contributed by atoms with E-state index in [9.17, 15) is 13.2 Å². The van der Waals surface area contributed by atoms with Crippen molar-refractivity contribution in [2.24, 2.45) is 5.92 Å². The molecular formula is C20H25N3O3S2. The molecule has 1 amide bonds. The Bertz CT molecular complexity index is 925. The standard InChI is InChI=1S/C20H25N3O3S2/c1-15-8-11-23(12-9-15)20(24)18-13-17(6-7-19(18)27-2)28(25,26)22-14-16-5-3-4-10-21-16/h3-7,10,13,15,22H,8-9,11-12,14H2,1-2H3. The second-order valence-electron chi connectivity index (χ2n) is 6.98. The van der Waals surface area contributed by atoms with Crippen molar-refractivity contribution in [3.05, 3.63) is 53.9 Å². The number of pyridine rings is 1. The lowest BCUT2D eigenvalue weighted by atomic mass is 9.98. The first-order chi connectivity index (χ1) is 13.4. The van der Waals surface area contributed by atoms with Crippen LogP contribution in [0.15, 0.2) is 52.4 Å². The molecule has 2 aromatic rings. The molecule has 0 radical (unpaired) electrons. The maximum Gasteiger partial charge on any atom is 0.255 e. The normalized spacial score (nSPS) is 15.6. The highest BCUT2D eigenvalue weighted by atomic mass is 32.2. The minimum Gasteiger partial charge on any atom is -0.339 e. The fraction of sp³-hybridized carbons (Fsp3) is 0.400. The van der Waals surface area contributed by atoms with Crippen LogP contribution in [-0.4, -0.2) is 43.6 Å². The largest absolute Gasteiger partial charge is 0.339 e. The number of thioether (sulfide) groups is 1. The molecule has 0 unspecified atom stereocenters. The van der Waals surface area contributed by atoms with Gasteiger partial charge in [-0.3, -0.25) is 9.78 Å². The molecule has 28 heavy (non-hydrogen) atoms. The predicted octanol–water partition coefficient (Wildman–Crippen LogP) is 3.15. The Labute approximate surface area is 170 Å². The van der Waals surface area contributed by atoms with Gasteiger partial charge in [0.05, 0.1) is 22.7 Å². The number of carbonyl (C=O) groups excluding carboxylic acids is 1. The average molecular weight is 420 g/mol. The van der Waals surface area contributed by atoms with Gasteiger partial charge in [-0.1, -0.05) is 13.0 Å². The van der Waals surface area contributed by atoms with E-state index >= 15 is 0 Å². The smallest absolute Gasteiger partial charge is 0.255 e. The van der Waals surface area contributed by atoms with Crippen LogP contribution in [0.5, 0.6) is 0 Å². The van der Waals surface area contributed by atoms with Crippen LogP contribution in [0.1, 0.15) is 35.8 Å². The van der Waals surface area contributed by atoms with Crippen molar-refractivity contribution in [3.63, 3.8) is 0 Å². The van der Waals surface area contributed by atoms with Gasteiger partial charge in [-0.15, -0.1) is 11.8 Å². The summed E-state index contributed by atoms with van der Waals surface area (Å²) in [4.78, 5) is 19.9. The zero-order valence-electron chi connectivity index (χ0n) is 16.1. The van der Waals surface area contributed by atoms with Crippen molar-refractivity contribution in [1.82, 2.24) is 14.6 Å². The molecular weight excluding hydrogens is 394 g/mol. The van der Waals surface area contributed by atoms with Gasteiger partial charge in [0.25, 0.3) is 5.91 Å². The van der Waals surface area contributed by atoms with E-state index in [2.05, 4.69) is 16.6 Å². The number of amides is 1. The molecule has 0 aliphatic carbocycles. The SMILES string of the molecule is CSc1ccc(S(=O)(=O)NCc2ccccn2)cc1C(=O)N1CCC(C)CC1. The third-order valence-corrected chi connectivity index (χ3v) is 7.15. The van der Waals surface area contributed by atoms with Gasteiger partial charge >= 0.3 is 0 Å². The molecule has 0 saturated carbocycles. The van der Waals surface area contributed by atoms with Gasteiger partial charge in [-0.05, 0) is 55.3 Å². The van der Waals surface area contributed by atoms with Gasteiger partial charge in [0.1, 0.15) is 0 Å². The van der Waals surface area contributed by atoms with E-state index in [1.807, 2.05) is 11.2 Å². The molecule has 8 heteroatoms. The summed E-state index contributed by atoms with van der Waals surface area (Å²) < 4.78 is 28.0. The molecule has 1 aliphatic heterocycles. The van der Waals surface area contributed by atoms with Gasteiger partial charge in [0.15, 0.2) is 0 Å². The van der Waals surface area contributed by atoms with Crippen molar-refractivity contribution in [2.45, 2.75) is 36.1 Å². The Hall–Kier alpha value is -1.90. The zero-order valence-corrected chi connectivity index (χ0v) is 17.7. The first-order valence-corrected chi connectivity index (χ1v) is 12.0. The molecule has 1 fully saturated rings. The summed E-state index contributed by atoms with van der Waals surface area (Å²) in [7, 11) is -3.75. The molecule has 3 rings (SSSR count). The number of carbonyl (C=O) groups is 1. The molecule has 1 saturated heterocycles. The van der Waals surface area contributed by atoms with Crippen LogP contribution >= 0.6 is 11.8 Å². The summed E-state index contributed by atoms with van der Waals surface area (Å²) in [6.45, 7) is 3.71. The molecule has 0 atom stereocenters. The number of hydrogen-bond donors (Lipinski definition) is 1. The summed E-state index contributed by atoms with van der Waals surface area (Å²) in [5, 5.41) is 0. The number of piperidine rings is 1. The van der Waals surface area contributed by atoms with Gasteiger partial charge < -0.3 is 4.90 Å². The molecule has 150 valence electrons. The fourth-order valence-electron chi connectivity index (χ4n) is 3.16. The van der Waals surface area contributed by atoms with E-state index < -0.39 is 10.0 Å². The Morgan fingerprint density at radius 2 is 2.00 bits per heavy atom. The molecule has 1 aliphatic rings. The van der Waals surface area contributed by atoms with Gasteiger partial charge in [0, 0.05) is 24.2 Å². The quantitative estimate of drug-likeness (QED) is 0.728. The second kappa shape index (κ2) is 9.07. The third kappa shape index (κ3) is 4.92. The highest BCUT2D eigenvalue weighted by molar-refractivity contribution is 7.98. The molecule has 1 aromatic heterocycles. The number of benzene rings is 1. The first-order valence-electron chi connectivity index (χ1n) is 9.27. The number of likely N-dealkylation sites (tertiary alicyclic amines) is 1. The fourth-order valence-corrected chi connectivity index (χ4v) is 4.75. The molecule has 1 aromatic carbocycles. The minimum atomic E-state index is -3.75. The van der Waals surface area contributed by atoms with Crippen LogP contribution < -0.4 is 4.72 Å². The van der Waals surface area contributed by atoms with E-state index in [1.54, 1.807) is 36.5 Å². The minimum absolute atomic E-state index is 0.0926. The number of nitrogens with one attached hydrogen (secondary N) is 1. The molecule has 0 bridgehead atoms. The van der Waals surface area contributed by atoms with E-state index in [-0.39, 0.29) is 17.3 Å². The monoisotopic (exact) mass is 419 g/mol. The van der Waals surface area contributed by atoms with Crippen LogP contribution in [0.4, 0.5) is 0 Å². The van der Waals surface area contributed by atoms with Crippen LogP contribution in [0.2, 0.25) is 0 Å². The van der Waals surface area contributed by atoms with Crippen molar-refractivity contribution < 1.29 is 13.2 Å². The molecule has 0 spiro atoms. The van der Waals surface area contributed by atoms with Crippen molar-refractivity contribution in [1.29, 1.82) is 0 Å². The van der Waals surface area contributed by atoms with Crippen LogP contribution in [0, 0.1) is 5.92 Å². The number of hydrogen-bond acceptors (Lipinski definition) is 5. The number of rotatable bonds is 6. The number of aromatic nitrogens is 1. The van der Waals surface area contributed by atoms with Crippen molar-refractivity contribution >= 4 is 27.7 Å². The van der Waals surface area contributed by atoms with Crippen molar-refractivity contribution in [3.8, 4) is 0 Å². The number of sulfonamides is 1. The summed E-state index contributed by atoms with van der Waals surface area (Å²) in [6, 6.07) is 10.1. The highest BCUT2D eigenvalue weighted by Crippen LogP contribution is 2.27. The molecule has 2 heterocycles. The van der Waals surface area contributed by atoms with Crippen LogP contribution in [0.25, 0.3) is 0 Å². The maximum atomic E-state index is 13.0. The predicted molar refractivity (Wildman–Crippen MR) is 111 cm³/mol. The lowest BCUT2D eigenvalue weighted by molar-refractivity contribution is 0.0693. The Morgan fingerprint density at radius 1 is 1.25 bits per heavy atom. The van der Waals surface area contributed by atoms with Crippen LogP contribution in [-0.2, 0) is 16.6 Å². The van der Waals surface area contributed by atoms with E-state index in [0.717, 1.165) is 17.7 Å². The second-order valence-corrected chi connectivity index (χ2v) is 9.60. The van der Waals surface area contributed by atoms with Crippen LogP contribution in [0.3, 0.4) is 0 Å². The molecule has 1 N–H and O–H groups in total.